The Morgan fingerprint density at radius 2 is 1.92 bits per heavy atom. The lowest BCUT2D eigenvalue weighted by atomic mass is 10.1. The zero-order chi connectivity index (χ0) is 17.7. The van der Waals surface area contributed by atoms with Crippen LogP contribution < -0.4 is 10.1 Å². The van der Waals surface area contributed by atoms with E-state index in [-0.39, 0.29) is 12.5 Å². The Morgan fingerprint density at radius 3 is 2.46 bits per heavy atom. The number of nitrogens with one attached hydrogen (secondary N) is 1. The number of carbonyl (C=O) groups is 3. The van der Waals surface area contributed by atoms with E-state index in [0.717, 1.165) is 0 Å². The van der Waals surface area contributed by atoms with Gasteiger partial charge in [-0.1, -0.05) is 6.07 Å². The van der Waals surface area contributed by atoms with Crippen molar-refractivity contribution in [2.24, 2.45) is 5.41 Å². The first kappa shape index (κ1) is 17.8. The molecule has 0 heterocycles. The zero-order valence-electron chi connectivity index (χ0n) is 13.9. The fourth-order valence-corrected chi connectivity index (χ4v) is 2.39. The quantitative estimate of drug-likeness (QED) is 0.706. The fraction of sp³-hybridized carbons (Fsp3) is 0.471. The fourth-order valence-electron chi connectivity index (χ4n) is 2.39. The molecule has 24 heavy (non-hydrogen) atoms. The molecule has 7 nitrogen and oxygen atoms in total. The molecule has 1 fully saturated rings. The number of amides is 2. The molecule has 2 N–H and O–H groups in total. The van der Waals surface area contributed by atoms with E-state index in [0.29, 0.717) is 37.4 Å². The summed E-state index contributed by atoms with van der Waals surface area (Å²) in [5, 5.41) is 11.7. The molecule has 7 heteroatoms. The van der Waals surface area contributed by atoms with Crippen LogP contribution in [0.5, 0.6) is 5.75 Å². The number of rotatable bonds is 8. The second-order valence-electron chi connectivity index (χ2n) is 5.72. The third-order valence-corrected chi connectivity index (χ3v) is 4.16. The van der Waals surface area contributed by atoms with E-state index in [4.69, 9.17) is 9.84 Å². The standard InChI is InChI=1S/C17H22N2O5/c1-3-19(4-2)14(20)11-24-13-7-5-6-12(10-13)18-15(21)17(8-9-17)16(22)23/h5-7,10H,3-4,8-9,11H2,1-2H3,(H,18,21)(H,22,23). The lowest BCUT2D eigenvalue weighted by Crippen LogP contribution is -2.34. The van der Waals surface area contributed by atoms with Gasteiger partial charge >= 0.3 is 5.97 Å². The van der Waals surface area contributed by atoms with Gasteiger partial charge in [-0.3, -0.25) is 14.4 Å². The Labute approximate surface area is 140 Å². The molecule has 1 aliphatic rings. The third-order valence-electron chi connectivity index (χ3n) is 4.16. The molecule has 2 rings (SSSR count). The van der Waals surface area contributed by atoms with Crippen LogP contribution in [-0.4, -0.2) is 47.5 Å². The molecule has 0 aromatic heterocycles. The highest BCUT2D eigenvalue weighted by molar-refractivity contribution is 6.10. The number of hydrogen-bond acceptors (Lipinski definition) is 4. The first-order chi connectivity index (χ1) is 11.4. The number of nitrogens with zero attached hydrogens (tertiary/aromatic N) is 1. The highest BCUT2D eigenvalue weighted by atomic mass is 16.5. The van der Waals surface area contributed by atoms with Gasteiger partial charge in [-0.15, -0.1) is 0 Å². The molecule has 2 amide bonds. The van der Waals surface area contributed by atoms with Gasteiger partial charge in [-0.2, -0.15) is 0 Å². The summed E-state index contributed by atoms with van der Waals surface area (Å²) >= 11 is 0. The summed E-state index contributed by atoms with van der Waals surface area (Å²) < 4.78 is 5.46. The molecule has 1 aliphatic carbocycles. The average Bonchev–Trinajstić information content (AvgIpc) is 3.36. The minimum atomic E-state index is -1.30. The number of carbonyl (C=O) groups excluding carboxylic acids is 2. The van der Waals surface area contributed by atoms with Gasteiger partial charge in [0.2, 0.25) is 5.91 Å². The van der Waals surface area contributed by atoms with Crippen LogP contribution in [-0.2, 0) is 14.4 Å². The Hall–Kier alpha value is -2.57. The number of hydrogen-bond donors (Lipinski definition) is 2. The summed E-state index contributed by atoms with van der Waals surface area (Å²) in [5.74, 6) is -1.30. The van der Waals surface area contributed by atoms with Crippen molar-refractivity contribution in [3.63, 3.8) is 0 Å². The van der Waals surface area contributed by atoms with Crippen molar-refractivity contribution in [3.8, 4) is 5.75 Å². The molecule has 0 bridgehead atoms. The van der Waals surface area contributed by atoms with E-state index in [2.05, 4.69) is 5.32 Å². The van der Waals surface area contributed by atoms with E-state index in [1.807, 2.05) is 13.8 Å². The van der Waals surface area contributed by atoms with Gasteiger partial charge in [0.15, 0.2) is 6.61 Å². The van der Waals surface area contributed by atoms with E-state index in [1.165, 1.54) is 0 Å². The van der Waals surface area contributed by atoms with Crippen molar-refractivity contribution >= 4 is 23.5 Å². The van der Waals surface area contributed by atoms with Gasteiger partial charge in [-0.25, -0.2) is 0 Å². The molecule has 0 unspecified atom stereocenters. The summed E-state index contributed by atoms with van der Waals surface area (Å²) in [6.45, 7) is 4.94. The predicted molar refractivity (Wildman–Crippen MR) is 87.8 cm³/mol. The topological polar surface area (TPSA) is 95.9 Å². The first-order valence-electron chi connectivity index (χ1n) is 7.98. The highest BCUT2D eigenvalue weighted by Crippen LogP contribution is 2.46. The summed E-state index contributed by atoms with van der Waals surface area (Å²) in [6, 6.07) is 6.57. The van der Waals surface area contributed by atoms with Crippen LogP contribution in [0, 0.1) is 5.41 Å². The van der Waals surface area contributed by atoms with Crippen molar-refractivity contribution in [1.82, 2.24) is 4.90 Å². The number of carboxylic acid groups (broad SMARTS) is 1. The Kier molecular flexibility index (Phi) is 5.43. The second kappa shape index (κ2) is 7.33. The van der Waals surface area contributed by atoms with E-state index in [9.17, 15) is 14.4 Å². The number of anilines is 1. The molecular weight excluding hydrogens is 312 g/mol. The van der Waals surface area contributed by atoms with Crippen LogP contribution in [0.3, 0.4) is 0 Å². The largest absolute Gasteiger partial charge is 0.484 e. The van der Waals surface area contributed by atoms with Gasteiger partial charge in [-0.05, 0) is 38.8 Å². The Bertz CT molecular complexity index is 636. The van der Waals surface area contributed by atoms with Crippen LogP contribution in [0.2, 0.25) is 0 Å². The highest BCUT2D eigenvalue weighted by Gasteiger charge is 2.57. The van der Waals surface area contributed by atoms with Crippen LogP contribution >= 0.6 is 0 Å². The summed E-state index contributed by atoms with van der Waals surface area (Å²) in [4.78, 5) is 36.8. The number of ether oxygens (including phenoxy) is 1. The molecule has 0 spiro atoms. The maximum atomic E-state index is 12.1. The van der Waals surface area contributed by atoms with E-state index < -0.39 is 17.3 Å². The molecule has 1 aromatic carbocycles. The van der Waals surface area contributed by atoms with Crippen LogP contribution in [0.25, 0.3) is 0 Å². The van der Waals surface area contributed by atoms with Crippen molar-refractivity contribution < 1.29 is 24.2 Å². The number of carboxylic acids is 1. The smallest absolute Gasteiger partial charge is 0.319 e. The van der Waals surface area contributed by atoms with Gasteiger partial charge in [0, 0.05) is 24.8 Å². The van der Waals surface area contributed by atoms with Crippen molar-refractivity contribution in [2.45, 2.75) is 26.7 Å². The van der Waals surface area contributed by atoms with Crippen molar-refractivity contribution in [2.75, 3.05) is 25.0 Å². The molecular formula is C17H22N2O5. The molecule has 1 saturated carbocycles. The Morgan fingerprint density at radius 1 is 1.25 bits per heavy atom. The van der Waals surface area contributed by atoms with Crippen LogP contribution in [0.15, 0.2) is 24.3 Å². The van der Waals surface area contributed by atoms with Gasteiger partial charge in [0.25, 0.3) is 5.91 Å². The SMILES string of the molecule is CCN(CC)C(=O)COc1cccc(NC(=O)C2(C(=O)O)CC2)c1. The number of likely N-dealkylation sites (N-methyl/N-ethyl adjacent to an activating group) is 1. The van der Waals surface area contributed by atoms with Gasteiger partial charge in [0.05, 0.1) is 0 Å². The Balaban J connectivity index is 1.96. The second-order valence-corrected chi connectivity index (χ2v) is 5.72. The average molecular weight is 334 g/mol. The zero-order valence-corrected chi connectivity index (χ0v) is 13.9. The summed E-state index contributed by atoms with van der Waals surface area (Å²) in [7, 11) is 0. The monoisotopic (exact) mass is 334 g/mol. The number of benzene rings is 1. The van der Waals surface area contributed by atoms with Crippen molar-refractivity contribution in [1.29, 1.82) is 0 Å². The maximum Gasteiger partial charge on any atom is 0.319 e. The molecule has 0 aliphatic heterocycles. The lowest BCUT2D eigenvalue weighted by molar-refractivity contribution is -0.147. The molecule has 0 saturated heterocycles. The molecule has 0 atom stereocenters. The first-order valence-corrected chi connectivity index (χ1v) is 7.98. The van der Waals surface area contributed by atoms with E-state index in [1.54, 1.807) is 29.2 Å². The van der Waals surface area contributed by atoms with Crippen molar-refractivity contribution in [3.05, 3.63) is 24.3 Å². The minimum absolute atomic E-state index is 0.0852. The summed E-state index contributed by atoms with van der Waals surface area (Å²) in [5.41, 5.74) is -0.851. The maximum absolute atomic E-state index is 12.1. The number of aliphatic carboxylic acids is 1. The summed E-state index contributed by atoms with van der Waals surface area (Å²) in [6.07, 6.45) is 0.700. The van der Waals surface area contributed by atoms with Gasteiger partial charge in [0.1, 0.15) is 11.2 Å². The van der Waals surface area contributed by atoms with E-state index >= 15 is 0 Å². The van der Waals surface area contributed by atoms with Gasteiger partial charge < -0.3 is 20.1 Å². The minimum Gasteiger partial charge on any atom is -0.484 e. The third kappa shape index (κ3) is 3.84. The van der Waals surface area contributed by atoms with Crippen LogP contribution in [0.4, 0.5) is 5.69 Å². The predicted octanol–water partition coefficient (Wildman–Crippen LogP) is 1.74. The van der Waals surface area contributed by atoms with Crippen LogP contribution in [0.1, 0.15) is 26.7 Å². The molecule has 1 aromatic rings. The lowest BCUT2D eigenvalue weighted by Gasteiger charge is -2.18. The molecule has 130 valence electrons. The molecule has 0 radical (unpaired) electrons. The normalized spacial score (nSPS) is 14.6.